The standard InChI is InChI=1S/C18H23N3O2/c1-4-11-23-16-7-5-14(6-8-16)13-20-17-12-15(9-10-19-17)18(22)21(2)3/h5-10,12H,4,11,13H2,1-3H3,(H,19,20). The lowest BCUT2D eigenvalue weighted by molar-refractivity contribution is 0.0827. The van der Waals surface area contributed by atoms with Crippen LogP contribution in [0.1, 0.15) is 29.3 Å². The monoisotopic (exact) mass is 313 g/mol. The molecule has 0 aliphatic rings. The maximum absolute atomic E-state index is 12.0. The molecule has 23 heavy (non-hydrogen) atoms. The van der Waals surface area contributed by atoms with Gasteiger partial charge >= 0.3 is 0 Å². The number of nitrogens with zero attached hydrogens (tertiary/aromatic N) is 2. The molecule has 1 amide bonds. The van der Waals surface area contributed by atoms with E-state index in [0.29, 0.717) is 17.9 Å². The van der Waals surface area contributed by atoms with E-state index in [4.69, 9.17) is 4.74 Å². The van der Waals surface area contributed by atoms with Crippen LogP contribution in [0, 0.1) is 0 Å². The highest BCUT2D eigenvalue weighted by molar-refractivity contribution is 5.94. The molecule has 0 bridgehead atoms. The number of carbonyl (C=O) groups excluding carboxylic acids is 1. The van der Waals surface area contributed by atoms with Crippen LogP contribution in [0.4, 0.5) is 5.82 Å². The SMILES string of the molecule is CCCOc1ccc(CNc2cc(C(=O)N(C)C)ccn2)cc1. The Bertz CT molecular complexity index is 639. The van der Waals surface area contributed by atoms with Gasteiger partial charge in [-0.05, 0) is 36.2 Å². The number of carbonyl (C=O) groups is 1. The van der Waals surface area contributed by atoms with Gasteiger partial charge < -0.3 is 15.0 Å². The Labute approximate surface area is 137 Å². The average Bonchev–Trinajstić information content (AvgIpc) is 2.58. The van der Waals surface area contributed by atoms with Gasteiger partial charge in [0.15, 0.2) is 0 Å². The number of amides is 1. The summed E-state index contributed by atoms with van der Waals surface area (Å²) in [4.78, 5) is 17.7. The Balaban J connectivity index is 1.95. The van der Waals surface area contributed by atoms with Crippen LogP contribution in [0.15, 0.2) is 42.6 Å². The Kier molecular flexibility index (Phi) is 5.97. The summed E-state index contributed by atoms with van der Waals surface area (Å²) in [6.07, 6.45) is 2.64. The minimum absolute atomic E-state index is 0.0344. The normalized spacial score (nSPS) is 10.2. The molecule has 0 atom stereocenters. The largest absolute Gasteiger partial charge is 0.494 e. The van der Waals surface area contributed by atoms with Gasteiger partial charge in [-0.15, -0.1) is 0 Å². The number of ether oxygens (including phenoxy) is 1. The van der Waals surface area contributed by atoms with Crippen LogP contribution in [0.5, 0.6) is 5.75 Å². The maximum Gasteiger partial charge on any atom is 0.253 e. The van der Waals surface area contributed by atoms with Gasteiger partial charge in [-0.2, -0.15) is 0 Å². The summed E-state index contributed by atoms with van der Waals surface area (Å²) >= 11 is 0. The van der Waals surface area contributed by atoms with E-state index in [1.165, 1.54) is 0 Å². The summed E-state index contributed by atoms with van der Waals surface area (Å²) < 4.78 is 5.56. The number of hydrogen-bond acceptors (Lipinski definition) is 4. The van der Waals surface area contributed by atoms with Crippen LogP contribution in [0.3, 0.4) is 0 Å². The molecule has 1 N–H and O–H groups in total. The lowest BCUT2D eigenvalue weighted by Gasteiger charge is -2.12. The van der Waals surface area contributed by atoms with E-state index in [1.54, 1.807) is 37.3 Å². The molecular weight excluding hydrogens is 290 g/mol. The summed E-state index contributed by atoms with van der Waals surface area (Å²) in [5.41, 5.74) is 1.75. The lowest BCUT2D eigenvalue weighted by atomic mass is 10.2. The molecule has 1 heterocycles. The number of aromatic nitrogens is 1. The number of hydrogen-bond donors (Lipinski definition) is 1. The van der Waals surface area contributed by atoms with E-state index < -0.39 is 0 Å². The molecular formula is C18H23N3O2. The predicted molar refractivity (Wildman–Crippen MR) is 91.8 cm³/mol. The molecule has 0 spiro atoms. The number of pyridine rings is 1. The maximum atomic E-state index is 12.0. The van der Waals surface area contributed by atoms with E-state index in [9.17, 15) is 4.79 Å². The Morgan fingerprint density at radius 1 is 1.22 bits per heavy atom. The first-order chi connectivity index (χ1) is 11.1. The molecule has 0 aliphatic heterocycles. The van der Waals surface area contributed by atoms with Crippen molar-refractivity contribution in [1.82, 2.24) is 9.88 Å². The van der Waals surface area contributed by atoms with Crippen molar-refractivity contribution in [3.8, 4) is 5.75 Å². The van der Waals surface area contributed by atoms with Gasteiger partial charge in [-0.3, -0.25) is 4.79 Å². The number of nitrogens with one attached hydrogen (secondary N) is 1. The van der Waals surface area contributed by atoms with Gasteiger partial charge in [0.2, 0.25) is 0 Å². The van der Waals surface area contributed by atoms with Crippen molar-refractivity contribution in [2.45, 2.75) is 19.9 Å². The minimum atomic E-state index is -0.0344. The highest BCUT2D eigenvalue weighted by atomic mass is 16.5. The fourth-order valence-corrected chi connectivity index (χ4v) is 2.03. The van der Waals surface area contributed by atoms with E-state index in [-0.39, 0.29) is 5.91 Å². The number of benzene rings is 1. The first-order valence-corrected chi connectivity index (χ1v) is 7.73. The van der Waals surface area contributed by atoms with Crippen molar-refractivity contribution in [3.63, 3.8) is 0 Å². The molecule has 0 saturated carbocycles. The van der Waals surface area contributed by atoms with E-state index in [0.717, 1.165) is 24.3 Å². The minimum Gasteiger partial charge on any atom is -0.494 e. The first kappa shape index (κ1) is 16.8. The van der Waals surface area contributed by atoms with Crippen molar-refractivity contribution in [2.75, 3.05) is 26.0 Å². The molecule has 0 radical (unpaired) electrons. The molecule has 2 rings (SSSR count). The zero-order valence-electron chi connectivity index (χ0n) is 13.9. The summed E-state index contributed by atoms with van der Waals surface area (Å²) in [6.45, 7) is 3.45. The van der Waals surface area contributed by atoms with Crippen LogP contribution in [0.25, 0.3) is 0 Å². The van der Waals surface area contributed by atoms with Crippen molar-refractivity contribution in [2.24, 2.45) is 0 Å². The van der Waals surface area contributed by atoms with Gasteiger partial charge in [-0.25, -0.2) is 4.98 Å². The molecule has 1 aromatic carbocycles. The molecule has 0 unspecified atom stereocenters. The molecule has 0 saturated heterocycles. The third kappa shape index (κ3) is 4.98. The van der Waals surface area contributed by atoms with Gasteiger partial charge in [0, 0.05) is 32.4 Å². The van der Waals surface area contributed by atoms with Crippen LogP contribution >= 0.6 is 0 Å². The molecule has 5 nitrogen and oxygen atoms in total. The molecule has 0 fully saturated rings. The number of anilines is 1. The summed E-state index contributed by atoms with van der Waals surface area (Å²) in [6, 6.07) is 11.5. The lowest BCUT2D eigenvalue weighted by Crippen LogP contribution is -2.21. The zero-order chi connectivity index (χ0) is 16.7. The number of rotatable bonds is 7. The highest BCUT2D eigenvalue weighted by Crippen LogP contribution is 2.14. The molecule has 5 heteroatoms. The summed E-state index contributed by atoms with van der Waals surface area (Å²) in [7, 11) is 3.47. The van der Waals surface area contributed by atoms with Gasteiger partial charge in [0.1, 0.15) is 11.6 Å². The second kappa shape index (κ2) is 8.17. The third-order valence-electron chi connectivity index (χ3n) is 3.28. The van der Waals surface area contributed by atoms with Gasteiger partial charge in [0.25, 0.3) is 5.91 Å². The van der Waals surface area contributed by atoms with Crippen molar-refractivity contribution < 1.29 is 9.53 Å². The van der Waals surface area contributed by atoms with Crippen molar-refractivity contribution in [3.05, 3.63) is 53.7 Å². The van der Waals surface area contributed by atoms with Crippen LogP contribution in [-0.2, 0) is 6.54 Å². The van der Waals surface area contributed by atoms with Crippen molar-refractivity contribution >= 4 is 11.7 Å². The quantitative estimate of drug-likeness (QED) is 0.853. The Hall–Kier alpha value is -2.56. The molecule has 0 aliphatic carbocycles. The molecule has 122 valence electrons. The van der Waals surface area contributed by atoms with Crippen LogP contribution < -0.4 is 10.1 Å². The summed E-state index contributed by atoms with van der Waals surface area (Å²) in [5.74, 6) is 1.53. The van der Waals surface area contributed by atoms with Crippen LogP contribution in [0.2, 0.25) is 0 Å². The second-order valence-corrected chi connectivity index (χ2v) is 5.48. The second-order valence-electron chi connectivity index (χ2n) is 5.48. The van der Waals surface area contributed by atoms with Gasteiger partial charge in [-0.1, -0.05) is 19.1 Å². The van der Waals surface area contributed by atoms with E-state index >= 15 is 0 Å². The molecule has 2 aromatic rings. The first-order valence-electron chi connectivity index (χ1n) is 7.73. The fraction of sp³-hybridized carbons (Fsp3) is 0.333. The van der Waals surface area contributed by atoms with Gasteiger partial charge in [0.05, 0.1) is 6.61 Å². The van der Waals surface area contributed by atoms with E-state index in [2.05, 4.69) is 17.2 Å². The Morgan fingerprint density at radius 2 is 1.96 bits per heavy atom. The molecule has 1 aromatic heterocycles. The fourth-order valence-electron chi connectivity index (χ4n) is 2.03. The predicted octanol–water partition coefficient (Wildman–Crippen LogP) is 3.18. The zero-order valence-corrected chi connectivity index (χ0v) is 13.9. The van der Waals surface area contributed by atoms with Crippen LogP contribution in [-0.4, -0.2) is 36.5 Å². The summed E-state index contributed by atoms with van der Waals surface area (Å²) in [5, 5.41) is 3.24. The topological polar surface area (TPSA) is 54.5 Å². The Morgan fingerprint density at radius 3 is 2.61 bits per heavy atom. The smallest absolute Gasteiger partial charge is 0.253 e. The average molecular weight is 313 g/mol. The third-order valence-corrected chi connectivity index (χ3v) is 3.28. The van der Waals surface area contributed by atoms with Crippen molar-refractivity contribution in [1.29, 1.82) is 0 Å². The van der Waals surface area contributed by atoms with E-state index in [1.807, 2.05) is 24.3 Å². The highest BCUT2D eigenvalue weighted by Gasteiger charge is 2.08.